The van der Waals surface area contributed by atoms with E-state index in [-0.39, 0.29) is 5.75 Å². The Kier molecular flexibility index (Phi) is 5.80. The summed E-state index contributed by atoms with van der Waals surface area (Å²) in [5.41, 5.74) is 1.02. The second-order valence-electron chi connectivity index (χ2n) is 6.25. The minimum Gasteiger partial charge on any atom is -0.294 e. The van der Waals surface area contributed by atoms with E-state index in [0.717, 1.165) is 24.7 Å². The van der Waals surface area contributed by atoms with E-state index in [1.807, 2.05) is 5.38 Å². The lowest BCUT2D eigenvalue weighted by atomic mass is 9.88. The first kappa shape index (κ1) is 16.9. The summed E-state index contributed by atoms with van der Waals surface area (Å²) in [5.74, 6) is 0.805. The van der Waals surface area contributed by atoms with Gasteiger partial charge in [-0.1, -0.05) is 20.3 Å². The van der Waals surface area contributed by atoms with Gasteiger partial charge < -0.3 is 0 Å². The number of nitrogens with zero attached hydrogens (tertiary/aromatic N) is 2. The fraction of sp³-hybridized carbons (Fsp3) is 0.800. The van der Waals surface area contributed by atoms with E-state index >= 15 is 0 Å². The van der Waals surface area contributed by atoms with E-state index in [0.29, 0.717) is 11.0 Å². The van der Waals surface area contributed by atoms with Gasteiger partial charge in [0.05, 0.1) is 5.69 Å². The Bertz CT molecular complexity index is 554. The fourth-order valence-electron chi connectivity index (χ4n) is 3.21. The maximum Gasteiger partial charge on any atom is 0.153 e. The topological polar surface area (TPSA) is 50.3 Å². The van der Waals surface area contributed by atoms with Crippen molar-refractivity contribution in [2.75, 3.05) is 12.8 Å². The molecule has 0 bridgehead atoms. The van der Waals surface area contributed by atoms with Gasteiger partial charge in [0.15, 0.2) is 9.84 Å². The van der Waals surface area contributed by atoms with Crippen LogP contribution in [0.4, 0.5) is 0 Å². The average Bonchev–Trinajstić information content (AvgIpc) is 2.78. The Morgan fingerprint density at radius 3 is 2.90 bits per heavy atom. The number of rotatable bonds is 6. The van der Waals surface area contributed by atoms with Gasteiger partial charge in [-0.2, -0.15) is 0 Å². The van der Waals surface area contributed by atoms with Crippen molar-refractivity contribution in [1.82, 2.24) is 9.88 Å². The van der Waals surface area contributed by atoms with Gasteiger partial charge in [-0.3, -0.25) is 4.90 Å². The van der Waals surface area contributed by atoms with Gasteiger partial charge in [-0.05, 0) is 31.7 Å². The fourth-order valence-corrected chi connectivity index (χ4v) is 5.21. The smallest absolute Gasteiger partial charge is 0.153 e. The highest BCUT2D eigenvalue weighted by Crippen LogP contribution is 2.28. The van der Waals surface area contributed by atoms with E-state index in [2.05, 4.69) is 23.7 Å². The lowest BCUT2D eigenvalue weighted by Crippen LogP contribution is -2.43. The van der Waals surface area contributed by atoms with Crippen molar-refractivity contribution < 1.29 is 8.42 Å². The number of thiazole rings is 1. The molecule has 2 atom stereocenters. The van der Waals surface area contributed by atoms with Crippen molar-refractivity contribution in [2.45, 2.75) is 57.9 Å². The zero-order chi connectivity index (χ0) is 15.5. The van der Waals surface area contributed by atoms with E-state index in [9.17, 15) is 8.42 Å². The molecule has 1 aromatic rings. The minimum absolute atomic E-state index is 0.0620. The molecule has 21 heavy (non-hydrogen) atoms. The molecular formula is C15H26N2O2S2. The molecule has 120 valence electrons. The van der Waals surface area contributed by atoms with Gasteiger partial charge in [0.2, 0.25) is 0 Å². The van der Waals surface area contributed by atoms with Crippen LogP contribution in [0.5, 0.6) is 0 Å². The molecule has 0 N–H and O–H groups in total. The molecule has 0 spiro atoms. The van der Waals surface area contributed by atoms with Gasteiger partial charge in [-0.15, -0.1) is 11.3 Å². The van der Waals surface area contributed by atoms with Crippen LogP contribution in [0.3, 0.4) is 0 Å². The molecule has 0 unspecified atom stereocenters. The van der Waals surface area contributed by atoms with Crippen LogP contribution in [0.2, 0.25) is 0 Å². The zero-order valence-corrected chi connectivity index (χ0v) is 14.8. The summed E-state index contributed by atoms with van der Waals surface area (Å²) in [7, 11) is -2.99. The standard InChI is InChI=1S/C15H26N2O2S2/c1-4-6-14-12(2)7-5-8-17(14)9-13-10-20-15(16-13)11-21(3,18)19/h10,12,14H,4-9,11H2,1-3H3/t12-,14-/m1/s1. The molecule has 1 aromatic heterocycles. The highest BCUT2D eigenvalue weighted by atomic mass is 32.2. The molecule has 0 aromatic carbocycles. The van der Waals surface area contributed by atoms with Gasteiger partial charge in [0.25, 0.3) is 0 Å². The van der Waals surface area contributed by atoms with Gasteiger partial charge in [-0.25, -0.2) is 13.4 Å². The third-order valence-electron chi connectivity index (χ3n) is 4.17. The molecule has 1 aliphatic rings. The molecule has 0 amide bonds. The monoisotopic (exact) mass is 330 g/mol. The van der Waals surface area contributed by atoms with Crippen LogP contribution in [-0.2, 0) is 22.1 Å². The van der Waals surface area contributed by atoms with Crippen molar-refractivity contribution in [2.24, 2.45) is 5.92 Å². The Balaban J connectivity index is 2.02. The van der Waals surface area contributed by atoms with Crippen LogP contribution in [0, 0.1) is 5.92 Å². The number of piperidine rings is 1. The van der Waals surface area contributed by atoms with E-state index < -0.39 is 9.84 Å². The summed E-state index contributed by atoms with van der Waals surface area (Å²) in [4.78, 5) is 7.05. The second-order valence-corrected chi connectivity index (χ2v) is 9.33. The largest absolute Gasteiger partial charge is 0.294 e. The molecule has 4 nitrogen and oxygen atoms in total. The van der Waals surface area contributed by atoms with Crippen LogP contribution in [-0.4, -0.2) is 37.1 Å². The third-order valence-corrected chi connectivity index (χ3v) is 6.04. The zero-order valence-electron chi connectivity index (χ0n) is 13.2. The van der Waals surface area contributed by atoms with Crippen LogP contribution in [0.25, 0.3) is 0 Å². The first-order valence-electron chi connectivity index (χ1n) is 7.74. The second kappa shape index (κ2) is 7.20. The molecule has 0 saturated carbocycles. The first-order valence-corrected chi connectivity index (χ1v) is 10.7. The van der Waals surface area contributed by atoms with Crippen molar-refractivity contribution in [3.8, 4) is 0 Å². The highest BCUT2D eigenvalue weighted by Gasteiger charge is 2.28. The molecule has 2 rings (SSSR count). The Morgan fingerprint density at radius 1 is 1.48 bits per heavy atom. The summed E-state index contributed by atoms with van der Waals surface area (Å²) in [6.07, 6.45) is 6.28. The number of likely N-dealkylation sites (tertiary alicyclic amines) is 1. The SMILES string of the molecule is CCC[C@@H]1[C@H](C)CCCN1Cc1csc(CS(C)(=O)=O)n1. The number of sulfone groups is 1. The lowest BCUT2D eigenvalue weighted by Gasteiger charge is -2.39. The summed E-state index contributed by atoms with van der Waals surface area (Å²) >= 11 is 1.46. The molecule has 1 fully saturated rings. The van der Waals surface area contributed by atoms with Crippen LogP contribution >= 0.6 is 11.3 Å². The molecule has 0 aliphatic carbocycles. The lowest BCUT2D eigenvalue weighted by molar-refractivity contribution is 0.0853. The summed E-state index contributed by atoms with van der Waals surface area (Å²) < 4.78 is 22.7. The number of hydrogen-bond acceptors (Lipinski definition) is 5. The molecule has 0 radical (unpaired) electrons. The normalized spacial score (nSPS) is 24.3. The quantitative estimate of drug-likeness (QED) is 0.804. The van der Waals surface area contributed by atoms with Crippen LogP contribution in [0.15, 0.2) is 5.38 Å². The van der Waals surface area contributed by atoms with Crippen molar-refractivity contribution in [3.05, 3.63) is 16.1 Å². The average molecular weight is 331 g/mol. The summed E-state index contributed by atoms with van der Waals surface area (Å²) in [6.45, 7) is 6.58. The van der Waals surface area contributed by atoms with E-state index in [4.69, 9.17) is 0 Å². The summed E-state index contributed by atoms with van der Waals surface area (Å²) in [5, 5.41) is 2.73. The predicted octanol–water partition coefficient (Wildman–Crippen LogP) is 3.09. The maximum absolute atomic E-state index is 11.3. The maximum atomic E-state index is 11.3. The number of aromatic nitrogens is 1. The molecular weight excluding hydrogens is 304 g/mol. The van der Waals surface area contributed by atoms with Crippen molar-refractivity contribution in [1.29, 1.82) is 0 Å². The van der Waals surface area contributed by atoms with Crippen LogP contribution in [0.1, 0.15) is 50.2 Å². The summed E-state index contributed by atoms with van der Waals surface area (Å²) in [6, 6.07) is 0.642. The minimum atomic E-state index is -2.99. The first-order chi connectivity index (χ1) is 9.89. The van der Waals surface area contributed by atoms with E-state index in [1.165, 1.54) is 43.3 Å². The predicted molar refractivity (Wildman–Crippen MR) is 88.2 cm³/mol. The van der Waals surface area contributed by atoms with Gasteiger partial charge in [0, 0.05) is 24.2 Å². The van der Waals surface area contributed by atoms with E-state index in [1.54, 1.807) is 0 Å². The Hall–Kier alpha value is -0.460. The van der Waals surface area contributed by atoms with Crippen LogP contribution < -0.4 is 0 Å². The number of hydrogen-bond donors (Lipinski definition) is 0. The molecule has 2 heterocycles. The molecule has 1 aliphatic heterocycles. The van der Waals surface area contributed by atoms with Gasteiger partial charge >= 0.3 is 0 Å². The van der Waals surface area contributed by atoms with Crippen molar-refractivity contribution >= 4 is 21.2 Å². The molecule has 6 heteroatoms. The Morgan fingerprint density at radius 2 is 2.24 bits per heavy atom. The highest BCUT2D eigenvalue weighted by molar-refractivity contribution is 7.90. The third kappa shape index (κ3) is 5.04. The Labute approximate surface area is 132 Å². The molecule has 1 saturated heterocycles. The van der Waals surface area contributed by atoms with Gasteiger partial charge in [0.1, 0.15) is 10.8 Å². The van der Waals surface area contributed by atoms with Crippen molar-refractivity contribution in [3.63, 3.8) is 0 Å².